The summed E-state index contributed by atoms with van der Waals surface area (Å²) >= 11 is 0. The van der Waals surface area contributed by atoms with E-state index in [0.29, 0.717) is 6.41 Å². The van der Waals surface area contributed by atoms with Crippen LogP contribution >= 0.6 is 0 Å². The van der Waals surface area contributed by atoms with Gasteiger partial charge in [-0.1, -0.05) is 0 Å². The van der Waals surface area contributed by atoms with Crippen LogP contribution in [0.2, 0.25) is 0 Å². The topological polar surface area (TPSA) is 74.7 Å². The zero-order chi connectivity index (χ0) is 10.4. The first kappa shape index (κ1) is 11.6. The normalized spacial score (nSPS) is 11.8. The number of carboxylic acids is 1. The summed E-state index contributed by atoms with van der Waals surface area (Å²) in [7, 11) is 1.53. The third kappa shape index (κ3) is 4.25. The quantitative estimate of drug-likeness (QED) is 0.459. The lowest BCUT2D eigenvalue weighted by Crippen LogP contribution is -2.27. The molecule has 0 bridgehead atoms. The average molecular weight is 187 g/mol. The van der Waals surface area contributed by atoms with Gasteiger partial charge in [0.2, 0.25) is 6.41 Å². The minimum atomic E-state index is -1.13. The molecule has 0 spiro atoms. The van der Waals surface area contributed by atoms with Gasteiger partial charge in [-0.15, -0.1) is 0 Å². The first-order valence-electron chi connectivity index (χ1n) is 3.87. The largest absolute Gasteiger partial charge is 0.481 e. The Morgan fingerprint density at radius 1 is 1.54 bits per heavy atom. The van der Waals surface area contributed by atoms with Gasteiger partial charge in [0.25, 0.3) is 0 Å². The van der Waals surface area contributed by atoms with Gasteiger partial charge >= 0.3 is 5.97 Å². The lowest BCUT2D eigenvalue weighted by atomic mass is 10.0. The van der Waals surface area contributed by atoms with Crippen LogP contribution in [0.25, 0.3) is 0 Å². The van der Waals surface area contributed by atoms with Crippen LogP contribution in [0, 0.1) is 5.92 Å². The van der Waals surface area contributed by atoms with Gasteiger partial charge in [0.1, 0.15) is 11.7 Å². The van der Waals surface area contributed by atoms with Gasteiger partial charge < -0.3 is 10.0 Å². The zero-order valence-corrected chi connectivity index (χ0v) is 7.69. The van der Waals surface area contributed by atoms with Crippen LogP contribution in [0.1, 0.15) is 13.3 Å². The third-order valence-corrected chi connectivity index (χ3v) is 1.74. The van der Waals surface area contributed by atoms with Crippen molar-refractivity contribution in [3.63, 3.8) is 0 Å². The fourth-order valence-electron chi connectivity index (χ4n) is 0.886. The van der Waals surface area contributed by atoms with Crippen LogP contribution in [-0.4, -0.2) is 41.8 Å². The summed E-state index contributed by atoms with van der Waals surface area (Å²) in [6.07, 6.45) is 0.763. The molecule has 0 radical (unpaired) electrons. The van der Waals surface area contributed by atoms with E-state index < -0.39 is 11.9 Å². The Hall–Kier alpha value is -1.39. The highest BCUT2D eigenvalue weighted by Gasteiger charge is 2.22. The van der Waals surface area contributed by atoms with Crippen molar-refractivity contribution in [2.45, 2.75) is 13.3 Å². The lowest BCUT2D eigenvalue weighted by Gasteiger charge is -2.13. The molecule has 0 fully saturated rings. The third-order valence-electron chi connectivity index (χ3n) is 1.74. The van der Waals surface area contributed by atoms with Crippen molar-refractivity contribution in [1.82, 2.24) is 4.90 Å². The molecule has 5 heteroatoms. The van der Waals surface area contributed by atoms with Crippen molar-refractivity contribution < 1.29 is 19.5 Å². The number of carbonyl (C=O) groups excluding carboxylic acids is 2. The molecule has 1 atom stereocenters. The Labute approximate surface area is 76.3 Å². The molecule has 1 unspecified atom stereocenters. The van der Waals surface area contributed by atoms with Crippen molar-refractivity contribution in [1.29, 1.82) is 0 Å². The maximum atomic E-state index is 10.8. The lowest BCUT2D eigenvalue weighted by molar-refractivity contribution is -0.146. The number of aliphatic carboxylic acids is 1. The predicted octanol–water partition coefficient (Wildman–Crippen LogP) is -0.246. The second kappa shape index (κ2) is 5.29. The summed E-state index contributed by atoms with van der Waals surface area (Å²) in [5.74, 6) is -2.51. The molecular formula is C8H13NO4. The number of carboxylic acid groups (broad SMARTS) is 1. The van der Waals surface area contributed by atoms with Crippen LogP contribution in [0.15, 0.2) is 0 Å². The second-order valence-electron chi connectivity index (χ2n) is 2.88. The van der Waals surface area contributed by atoms with E-state index >= 15 is 0 Å². The molecule has 1 amide bonds. The van der Waals surface area contributed by atoms with Gasteiger partial charge in [0.05, 0.1) is 0 Å². The zero-order valence-electron chi connectivity index (χ0n) is 7.69. The molecule has 0 aromatic heterocycles. The van der Waals surface area contributed by atoms with Gasteiger partial charge in [0, 0.05) is 13.6 Å². The highest BCUT2D eigenvalue weighted by Crippen LogP contribution is 2.05. The average Bonchev–Trinajstić information content (AvgIpc) is 2.03. The molecule has 0 aromatic carbocycles. The first-order valence-corrected chi connectivity index (χ1v) is 3.87. The molecule has 0 aliphatic carbocycles. The van der Waals surface area contributed by atoms with E-state index in [1.54, 1.807) is 0 Å². The molecule has 0 heterocycles. The molecule has 5 nitrogen and oxygen atoms in total. The van der Waals surface area contributed by atoms with Crippen LogP contribution in [0.5, 0.6) is 0 Å². The Morgan fingerprint density at radius 3 is 2.38 bits per heavy atom. The summed E-state index contributed by atoms with van der Waals surface area (Å²) in [6, 6.07) is 0. The Bertz CT molecular complexity index is 200. The molecular weight excluding hydrogens is 174 g/mol. The number of carbonyl (C=O) groups is 3. The van der Waals surface area contributed by atoms with Crippen molar-refractivity contribution >= 4 is 18.2 Å². The SMILES string of the molecule is CC(=O)C(CCN(C)C=O)C(=O)O. The highest BCUT2D eigenvalue weighted by atomic mass is 16.4. The highest BCUT2D eigenvalue weighted by molar-refractivity contribution is 5.96. The van der Waals surface area contributed by atoms with Crippen molar-refractivity contribution in [2.24, 2.45) is 5.92 Å². The molecule has 0 rings (SSSR count). The number of amides is 1. The minimum absolute atomic E-state index is 0.167. The number of Topliss-reactive ketones (excluding diaryl/α,β-unsaturated/α-hetero) is 1. The summed E-state index contributed by atoms with van der Waals surface area (Å²) in [5, 5.41) is 8.60. The smallest absolute Gasteiger partial charge is 0.314 e. The van der Waals surface area contributed by atoms with Crippen LogP contribution in [-0.2, 0) is 14.4 Å². The van der Waals surface area contributed by atoms with Gasteiger partial charge in [0.15, 0.2) is 0 Å². The van der Waals surface area contributed by atoms with E-state index in [9.17, 15) is 14.4 Å². The standard InChI is InChI=1S/C8H13NO4/c1-6(11)7(8(12)13)3-4-9(2)5-10/h5,7H,3-4H2,1-2H3,(H,12,13). The summed E-state index contributed by atoms with van der Waals surface area (Å²) in [5.41, 5.74) is 0. The molecule has 13 heavy (non-hydrogen) atoms. The van der Waals surface area contributed by atoms with Crippen LogP contribution in [0.4, 0.5) is 0 Å². The van der Waals surface area contributed by atoms with Gasteiger partial charge in [-0.3, -0.25) is 14.4 Å². The number of rotatable bonds is 6. The van der Waals surface area contributed by atoms with Crippen LogP contribution < -0.4 is 0 Å². The molecule has 1 N–H and O–H groups in total. The van der Waals surface area contributed by atoms with E-state index in [1.165, 1.54) is 18.9 Å². The monoisotopic (exact) mass is 187 g/mol. The predicted molar refractivity (Wildman–Crippen MR) is 45.1 cm³/mol. The van der Waals surface area contributed by atoms with E-state index in [-0.39, 0.29) is 18.7 Å². The maximum Gasteiger partial charge on any atom is 0.314 e. The minimum Gasteiger partial charge on any atom is -0.481 e. The van der Waals surface area contributed by atoms with Crippen molar-refractivity contribution in [3.05, 3.63) is 0 Å². The van der Waals surface area contributed by atoms with Gasteiger partial charge in [-0.2, -0.15) is 0 Å². The summed E-state index contributed by atoms with van der Waals surface area (Å²) in [4.78, 5) is 32.8. The fourth-order valence-corrected chi connectivity index (χ4v) is 0.886. The van der Waals surface area contributed by atoms with Gasteiger partial charge in [-0.25, -0.2) is 0 Å². The van der Waals surface area contributed by atoms with Crippen molar-refractivity contribution in [2.75, 3.05) is 13.6 Å². The van der Waals surface area contributed by atoms with E-state index in [1.807, 2.05) is 0 Å². The number of ketones is 1. The van der Waals surface area contributed by atoms with E-state index in [2.05, 4.69) is 0 Å². The molecule has 0 saturated heterocycles. The number of nitrogens with zero attached hydrogens (tertiary/aromatic N) is 1. The molecule has 74 valence electrons. The molecule has 0 aliphatic heterocycles. The fraction of sp³-hybridized carbons (Fsp3) is 0.625. The number of hydrogen-bond acceptors (Lipinski definition) is 3. The maximum absolute atomic E-state index is 10.8. The summed E-state index contributed by atoms with van der Waals surface area (Å²) in [6.45, 7) is 1.51. The molecule has 0 saturated carbocycles. The van der Waals surface area contributed by atoms with Gasteiger partial charge in [-0.05, 0) is 13.3 Å². The first-order chi connectivity index (χ1) is 5.99. The molecule has 0 aliphatic rings. The second-order valence-corrected chi connectivity index (χ2v) is 2.88. The Kier molecular flexibility index (Phi) is 4.72. The van der Waals surface area contributed by atoms with Crippen LogP contribution in [0.3, 0.4) is 0 Å². The van der Waals surface area contributed by atoms with Crippen molar-refractivity contribution in [3.8, 4) is 0 Å². The Morgan fingerprint density at radius 2 is 2.08 bits per heavy atom. The van der Waals surface area contributed by atoms with E-state index in [4.69, 9.17) is 5.11 Å². The summed E-state index contributed by atoms with van der Waals surface area (Å²) < 4.78 is 0. The van der Waals surface area contributed by atoms with E-state index in [0.717, 1.165) is 0 Å². The molecule has 0 aromatic rings. The Balaban J connectivity index is 4.05. The number of hydrogen-bond donors (Lipinski definition) is 1.